The first-order valence-corrected chi connectivity index (χ1v) is 7.36. The summed E-state index contributed by atoms with van der Waals surface area (Å²) in [6.45, 7) is 0.664. The molecule has 3 heterocycles. The molecule has 0 bridgehead atoms. The van der Waals surface area contributed by atoms with Crippen molar-refractivity contribution in [1.82, 2.24) is 29.9 Å². The van der Waals surface area contributed by atoms with Gasteiger partial charge in [0.05, 0.1) is 0 Å². The fourth-order valence-electron chi connectivity index (χ4n) is 2.72. The Hall–Kier alpha value is -2.59. The summed E-state index contributed by atoms with van der Waals surface area (Å²) in [5.41, 5.74) is -1.39. The largest absolute Gasteiger partial charge is 0.435 e. The van der Waals surface area contributed by atoms with Crippen LogP contribution in [0.4, 0.5) is 13.2 Å². The lowest BCUT2D eigenvalue weighted by molar-refractivity contribution is -0.142. The maximum absolute atomic E-state index is 12.5. The highest BCUT2D eigenvalue weighted by molar-refractivity contribution is 5.76. The molecule has 1 saturated heterocycles. The van der Waals surface area contributed by atoms with Crippen LogP contribution in [0.25, 0.3) is 0 Å². The molecule has 8 nitrogen and oxygen atoms in total. The van der Waals surface area contributed by atoms with E-state index in [-0.39, 0.29) is 24.1 Å². The van der Waals surface area contributed by atoms with Crippen LogP contribution >= 0.6 is 0 Å². The molecule has 3 rings (SSSR count). The number of likely N-dealkylation sites (tertiary alicyclic amines) is 1. The van der Waals surface area contributed by atoms with Crippen LogP contribution in [0.15, 0.2) is 17.1 Å². The number of nitrogens with one attached hydrogen (secondary N) is 2. The van der Waals surface area contributed by atoms with E-state index in [0.29, 0.717) is 31.8 Å². The Balaban J connectivity index is 1.55. The van der Waals surface area contributed by atoms with Crippen molar-refractivity contribution in [3.63, 3.8) is 0 Å². The molecule has 2 N–H and O–H groups in total. The van der Waals surface area contributed by atoms with Crippen LogP contribution in [0.1, 0.15) is 30.3 Å². The van der Waals surface area contributed by atoms with E-state index in [2.05, 4.69) is 20.3 Å². The van der Waals surface area contributed by atoms with Gasteiger partial charge in [-0.05, 0) is 18.9 Å². The summed E-state index contributed by atoms with van der Waals surface area (Å²) < 4.78 is 38.5. The van der Waals surface area contributed by atoms with Crippen molar-refractivity contribution in [3.8, 4) is 0 Å². The number of hydrogen-bond acceptors (Lipinski definition) is 4. The number of aromatic amines is 2. The number of alkyl halides is 3. The smallest absolute Gasteiger partial charge is 0.341 e. The van der Waals surface area contributed by atoms with Gasteiger partial charge in [0.25, 0.3) is 0 Å². The Morgan fingerprint density at radius 1 is 1.33 bits per heavy atom. The van der Waals surface area contributed by atoms with Crippen LogP contribution < -0.4 is 5.69 Å². The molecule has 130 valence electrons. The summed E-state index contributed by atoms with van der Waals surface area (Å²) in [5.74, 6) is 0.323. The molecular formula is C13H15F3N6O2. The van der Waals surface area contributed by atoms with E-state index < -0.39 is 11.9 Å². The van der Waals surface area contributed by atoms with Gasteiger partial charge in [-0.2, -0.15) is 23.4 Å². The van der Waals surface area contributed by atoms with E-state index in [1.807, 2.05) is 0 Å². The quantitative estimate of drug-likeness (QED) is 0.857. The minimum atomic E-state index is -4.52. The molecule has 0 radical (unpaired) electrons. The Morgan fingerprint density at radius 3 is 2.58 bits per heavy atom. The van der Waals surface area contributed by atoms with Crippen LogP contribution in [0.2, 0.25) is 0 Å². The monoisotopic (exact) mass is 344 g/mol. The highest BCUT2D eigenvalue weighted by Gasteiger charge is 2.34. The van der Waals surface area contributed by atoms with Gasteiger partial charge in [0.2, 0.25) is 5.91 Å². The molecule has 0 atom stereocenters. The third kappa shape index (κ3) is 3.49. The van der Waals surface area contributed by atoms with Crippen LogP contribution in [0, 0.1) is 0 Å². The zero-order valence-corrected chi connectivity index (χ0v) is 12.5. The number of carbonyl (C=O) groups is 1. The molecule has 1 fully saturated rings. The van der Waals surface area contributed by atoms with Crippen molar-refractivity contribution in [3.05, 3.63) is 34.3 Å². The first-order valence-electron chi connectivity index (χ1n) is 7.36. The number of aromatic nitrogens is 5. The molecule has 1 aliphatic heterocycles. The van der Waals surface area contributed by atoms with E-state index >= 15 is 0 Å². The van der Waals surface area contributed by atoms with E-state index in [0.717, 1.165) is 16.9 Å². The Kier molecular flexibility index (Phi) is 4.16. The first-order chi connectivity index (χ1) is 11.3. The number of rotatable bonds is 3. The average Bonchev–Trinajstić information content (AvgIpc) is 3.16. The molecule has 0 aliphatic carbocycles. The summed E-state index contributed by atoms with van der Waals surface area (Å²) >= 11 is 0. The maximum atomic E-state index is 12.5. The van der Waals surface area contributed by atoms with E-state index in [1.54, 1.807) is 4.90 Å². The lowest BCUT2D eigenvalue weighted by Crippen LogP contribution is -2.40. The molecule has 24 heavy (non-hydrogen) atoms. The number of amides is 1. The van der Waals surface area contributed by atoms with Gasteiger partial charge in [0, 0.05) is 25.2 Å². The van der Waals surface area contributed by atoms with Gasteiger partial charge >= 0.3 is 11.9 Å². The van der Waals surface area contributed by atoms with Crippen molar-refractivity contribution in [1.29, 1.82) is 0 Å². The topological polar surface area (TPSA) is 99.7 Å². The summed E-state index contributed by atoms with van der Waals surface area (Å²) in [7, 11) is 0. The van der Waals surface area contributed by atoms with Crippen LogP contribution in [0.5, 0.6) is 0 Å². The summed E-state index contributed by atoms with van der Waals surface area (Å²) in [6, 6.07) is 0.841. The van der Waals surface area contributed by atoms with Crippen LogP contribution in [-0.2, 0) is 17.5 Å². The lowest BCUT2D eigenvalue weighted by atomic mass is 9.96. The van der Waals surface area contributed by atoms with Crippen LogP contribution in [-0.4, -0.2) is 48.9 Å². The predicted octanol–water partition coefficient (Wildman–Crippen LogP) is 0.719. The number of halogens is 3. The molecule has 11 heteroatoms. The molecule has 0 saturated carbocycles. The Labute approximate surface area is 133 Å². The van der Waals surface area contributed by atoms with Gasteiger partial charge in [-0.3, -0.25) is 14.5 Å². The van der Waals surface area contributed by atoms with Crippen LogP contribution in [0.3, 0.4) is 0 Å². The second kappa shape index (κ2) is 6.13. The summed E-state index contributed by atoms with van der Waals surface area (Å²) in [5, 5.41) is 9.56. The van der Waals surface area contributed by atoms with Gasteiger partial charge in [-0.1, -0.05) is 0 Å². The third-order valence-corrected chi connectivity index (χ3v) is 3.98. The minimum Gasteiger partial charge on any atom is -0.341 e. The molecule has 0 aromatic carbocycles. The zero-order chi connectivity index (χ0) is 17.3. The van der Waals surface area contributed by atoms with Gasteiger partial charge in [0.1, 0.15) is 12.4 Å². The summed E-state index contributed by atoms with van der Waals surface area (Å²) in [4.78, 5) is 27.4. The molecule has 1 amide bonds. The minimum absolute atomic E-state index is 0.0505. The average molecular weight is 344 g/mol. The predicted molar refractivity (Wildman–Crippen MR) is 75.0 cm³/mol. The standard InChI is InChI=1S/C13H15F3N6O2/c14-13(15,16)9-3-6-22(20-9)7-10(23)21-4-1-8(2-5-21)11-17-12(24)19-18-11/h3,6,8H,1-2,4-5,7H2,(H2,17,18,19,24). The van der Waals surface area contributed by atoms with E-state index in [1.165, 1.54) is 0 Å². The first kappa shape index (κ1) is 16.3. The maximum Gasteiger partial charge on any atom is 0.435 e. The molecular weight excluding hydrogens is 329 g/mol. The number of nitrogens with zero attached hydrogens (tertiary/aromatic N) is 4. The number of carbonyl (C=O) groups excluding carboxylic acids is 1. The Morgan fingerprint density at radius 2 is 2.04 bits per heavy atom. The van der Waals surface area contributed by atoms with Gasteiger partial charge in [-0.25, -0.2) is 9.89 Å². The van der Waals surface area contributed by atoms with Crippen molar-refractivity contribution < 1.29 is 18.0 Å². The SMILES string of the molecule is O=C(Cn1ccc(C(F)(F)F)n1)N1CCC(c2n[nH]c(=O)[nH]2)CC1. The van der Waals surface area contributed by atoms with E-state index in [4.69, 9.17) is 0 Å². The molecule has 2 aromatic rings. The second-order valence-corrected chi connectivity index (χ2v) is 5.61. The molecule has 2 aromatic heterocycles. The molecule has 0 spiro atoms. The fourth-order valence-corrected chi connectivity index (χ4v) is 2.72. The third-order valence-electron chi connectivity index (χ3n) is 3.98. The van der Waals surface area contributed by atoms with Gasteiger partial charge in [0.15, 0.2) is 5.69 Å². The summed E-state index contributed by atoms with van der Waals surface area (Å²) in [6.07, 6.45) is -2.13. The van der Waals surface area contributed by atoms with Crippen molar-refractivity contribution in [2.45, 2.75) is 31.5 Å². The number of hydrogen-bond donors (Lipinski definition) is 2. The number of H-pyrrole nitrogens is 2. The van der Waals surface area contributed by atoms with E-state index in [9.17, 15) is 22.8 Å². The van der Waals surface area contributed by atoms with Crippen molar-refractivity contribution in [2.24, 2.45) is 0 Å². The Bertz CT molecular complexity index is 769. The normalized spacial score (nSPS) is 16.5. The van der Waals surface area contributed by atoms with Gasteiger partial charge in [-0.15, -0.1) is 0 Å². The zero-order valence-electron chi connectivity index (χ0n) is 12.5. The number of piperidine rings is 1. The highest BCUT2D eigenvalue weighted by atomic mass is 19.4. The molecule has 1 aliphatic rings. The van der Waals surface area contributed by atoms with Crippen molar-refractivity contribution >= 4 is 5.91 Å². The lowest BCUT2D eigenvalue weighted by Gasteiger charge is -2.30. The fraction of sp³-hybridized carbons (Fsp3) is 0.538. The molecule has 0 unspecified atom stereocenters. The second-order valence-electron chi connectivity index (χ2n) is 5.61. The highest BCUT2D eigenvalue weighted by Crippen LogP contribution is 2.27. The van der Waals surface area contributed by atoms with Gasteiger partial charge < -0.3 is 4.90 Å². The van der Waals surface area contributed by atoms with Crippen molar-refractivity contribution in [2.75, 3.05) is 13.1 Å².